The Kier molecular flexibility index (Phi) is 4.69. The second-order valence-corrected chi connectivity index (χ2v) is 4.72. The topological polar surface area (TPSA) is 77.0 Å². The van der Waals surface area contributed by atoms with E-state index >= 15 is 0 Å². The van der Waals surface area contributed by atoms with E-state index in [1.54, 1.807) is 11.0 Å². The van der Waals surface area contributed by atoms with Crippen LogP contribution in [0.2, 0.25) is 0 Å². The summed E-state index contributed by atoms with van der Waals surface area (Å²) in [5, 5.41) is 4.00. The van der Waals surface area contributed by atoms with Crippen LogP contribution in [0.4, 0.5) is 0 Å². The van der Waals surface area contributed by atoms with Crippen molar-refractivity contribution in [2.24, 2.45) is 5.73 Å². The molecule has 0 bridgehead atoms. The zero-order valence-electron chi connectivity index (χ0n) is 10.7. The van der Waals surface area contributed by atoms with Crippen LogP contribution in [0.1, 0.15) is 32.1 Å². The molecule has 1 saturated heterocycles. The Morgan fingerprint density at radius 1 is 1.44 bits per heavy atom. The van der Waals surface area contributed by atoms with E-state index < -0.39 is 0 Å². The van der Waals surface area contributed by atoms with Crippen molar-refractivity contribution in [1.82, 2.24) is 19.7 Å². The lowest BCUT2D eigenvalue weighted by atomic mass is 9.99. The minimum Gasteiger partial charge on any atom is -0.340 e. The number of aryl methyl sites for hydroxylation is 1. The maximum atomic E-state index is 12.2. The summed E-state index contributed by atoms with van der Waals surface area (Å²) in [7, 11) is 0. The van der Waals surface area contributed by atoms with Gasteiger partial charge in [0.05, 0.1) is 6.54 Å². The highest BCUT2D eigenvalue weighted by Gasteiger charge is 2.25. The standard InChI is InChI=1S/C12H21N5O/c13-6-4-11-3-1-2-7-17(11)12(18)5-8-16-10-14-9-15-16/h9-11H,1-8,13H2. The Bertz CT molecular complexity index is 363. The van der Waals surface area contributed by atoms with Gasteiger partial charge in [-0.1, -0.05) is 0 Å². The van der Waals surface area contributed by atoms with Crippen LogP contribution < -0.4 is 5.73 Å². The molecule has 6 nitrogen and oxygen atoms in total. The zero-order chi connectivity index (χ0) is 12.8. The Labute approximate surface area is 107 Å². The number of piperidine rings is 1. The highest BCUT2D eigenvalue weighted by Crippen LogP contribution is 2.20. The first-order valence-electron chi connectivity index (χ1n) is 6.63. The molecule has 100 valence electrons. The van der Waals surface area contributed by atoms with Crippen molar-refractivity contribution in [3.8, 4) is 0 Å². The number of hydrogen-bond donors (Lipinski definition) is 1. The first kappa shape index (κ1) is 13.0. The van der Waals surface area contributed by atoms with Crippen molar-refractivity contribution < 1.29 is 4.79 Å². The van der Waals surface area contributed by atoms with Crippen LogP contribution in [-0.4, -0.2) is 44.7 Å². The van der Waals surface area contributed by atoms with Gasteiger partial charge in [0, 0.05) is 19.0 Å². The number of aromatic nitrogens is 3. The van der Waals surface area contributed by atoms with Crippen LogP contribution in [0.5, 0.6) is 0 Å². The lowest BCUT2D eigenvalue weighted by Crippen LogP contribution is -2.44. The van der Waals surface area contributed by atoms with Gasteiger partial charge in [-0.3, -0.25) is 9.48 Å². The number of carbonyl (C=O) groups excluding carboxylic acids is 1. The molecule has 1 aliphatic rings. The minimum absolute atomic E-state index is 0.212. The first-order chi connectivity index (χ1) is 8.81. The van der Waals surface area contributed by atoms with Gasteiger partial charge in [-0.25, -0.2) is 4.98 Å². The van der Waals surface area contributed by atoms with E-state index in [4.69, 9.17) is 5.73 Å². The highest BCUT2D eigenvalue weighted by molar-refractivity contribution is 5.76. The number of carbonyl (C=O) groups is 1. The van der Waals surface area contributed by atoms with Gasteiger partial charge in [-0.15, -0.1) is 0 Å². The predicted molar refractivity (Wildman–Crippen MR) is 67.7 cm³/mol. The van der Waals surface area contributed by atoms with Crippen molar-refractivity contribution in [2.75, 3.05) is 13.1 Å². The van der Waals surface area contributed by atoms with Gasteiger partial charge in [0.15, 0.2) is 0 Å². The van der Waals surface area contributed by atoms with Gasteiger partial charge < -0.3 is 10.6 Å². The molecule has 1 aromatic rings. The average Bonchev–Trinajstić information content (AvgIpc) is 2.90. The Morgan fingerprint density at radius 2 is 2.33 bits per heavy atom. The van der Waals surface area contributed by atoms with Crippen molar-refractivity contribution >= 4 is 5.91 Å². The first-order valence-corrected chi connectivity index (χ1v) is 6.63. The fourth-order valence-corrected chi connectivity index (χ4v) is 2.52. The van der Waals surface area contributed by atoms with Crippen molar-refractivity contribution in [1.29, 1.82) is 0 Å². The van der Waals surface area contributed by atoms with E-state index in [-0.39, 0.29) is 5.91 Å². The van der Waals surface area contributed by atoms with Gasteiger partial charge in [0.25, 0.3) is 0 Å². The Balaban J connectivity index is 1.85. The summed E-state index contributed by atoms with van der Waals surface area (Å²) in [5.74, 6) is 0.212. The minimum atomic E-state index is 0.212. The van der Waals surface area contributed by atoms with Gasteiger partial charge in [0.2, 0.25) is 5.91 Å². The summed E-state index contributed by atoms with van der Waals surface area (Å²) >= 11 is 0. The van der Waals surface area contributed by atoms with Crippen molar-refractivity contribution in [2.45, 2.75) is 44.7 Å². The van der Waals surface area contributed by atoms with Crippen molar-refractivity contribution in [3.05, 3.63) is 12.7 Å². The van der Waals surface area contributed by atoms with E-state index in [2.05, 4.69) is 10.1 Å². The second-order valence-electron chi connectivity index (χ2n) is 4.72. The number of likely N-dealkylation sites (tertiary alicyclic amines) is 1. The molecular formula is C12H21N5O. The molecule has 6 heteroatoms. The third-order valence-corrected chi connectivity index (χ3v) is 3.47. The van der Waals surface area contributed by atoms with Crippen LogP contribution in [0.3, 0.4) is 0 Å². The molecule has 1 atom stereocenters. The van der Waals surface area contributed by atoms with Crippen molar-refractivity contribution in [3.63, 3.8) is 0 Å². The molecule has 1 fully saturated rings. The number of amides is 1. The van der Waals surface area contributed by atoms with Crippen LogP contribution >= 0.6 is 0 Å². The summed E-state index contributed by atoms with van der Waals surface area (Å²) < 4.78 is 1.69. The Hall–Kier alpha value is -1.43. The van der Waals surface area contributed by atoms with Gasteiger partial charge in [-0.05, 0) is 32.2 Å². The highest BCUT2D eigenvalue weighted by atomic mass is 16.2. The molecule has 0 aliphatic carbocycles. The van der Waals surface area contributed by atoms with Crippen LogP contribution in [-0.2, 0) is 11.3 Å². The molecule has 0 radical (unpaired) electrons. The van der Waals surface area contributed by atoms with Gasteiger partial charge >= 0.3 is 0 Å². The molecule has 2 rings (SSSR count). The Morgan fingerprint density at radius 3 is 3.06 bits per heavy atom. The van der Waals surface area contributed by atoms with E-state index in [9.17, 15) is 4.79 Å². The molecule has 18 heavy (non-hydrogen) atoms. The summed E-state index contributed by atoms with van der Waals surface area (Å²) in [6.45, 7) is 2.13. The van der Waals surface area contributed by atoms with E-state index in [0.717, 1.165) is 25.8 Å². The summed E-state index contributed by atoms with van der Waals surface area (Å²) in [6, 6.07) is 0.340. The van der Waals surface area contributed by atoms with Crippen LogP contribution in [0.15, 0.2) is 12.7 Å². The average molecular weight is 251 g/mol. The maximum absolute atomic E-state index is 12.2. The van der Waals surface area contributed by atoms with E-state index in [1.807, 2.05) is 4.90 Å². The molecule has 0 saturated carbocycles. The molecule has 2 N–H and O–H groups in total. The largest absolute Gasteiger partial charge is 0.340 e. The van der Waals surface area contributed by atoms with Crippen LogP contribution in [0, 0.1) is 0 Å². The number of hydrogen-bond acceptors (Lipinski definition) is 4. The number of rotatable bonds is 5. The maximum Gasteiger partial charge on any atom is 0.224 e. The van der Waals surface area contributed by atoms with Crippen LogP contribution in [0.25, 0.3) is 0 Å². The molecule has 0 spiro atoms. The summed E-state index contributed by atoms with van der Waals surface area (Å²) in [5.41, 5.74) is 5.61. The number of nitrogens with zero attached hydrogens (tertiary/aromatic N) is 4. The fourth-order valence-electron chi connectivity index (χ4n) is 2.52. The summed E-state index contributed by atoms with van der Waals surface area (Å²) in [4.78, 5) is 18.1. The third-order valence-electron chi connectivity index (χ3n) is 3.47. The zero-order valence-corrected chi connectivity index (χ0v) is 10.7. The molecule has 1 aromatic heterocycles. The monoisotopic (exact) mass is 251 g/mol. The molecule has 0 aromatic carbocycles. The quantitative estimate of drug-likeness (QED) is 0.821. The molecule has 1 aliphatic heterocycles. The second kappa shape index (κ2) is 6.49. The number of nitrogens with two attached hydrogens (primary N) is 1. The molecular weight excluding hydrogens is 230 g/mol. The SMILES string of the molecule is NCCC1CCCCN1C(=O)CCn1cncn1. The van der Waals surface area contributed by atoms with Gasteiger partial charge in [0.1, 0.15) is 12.7 Å². The normalized spacial score (nSPS) is 20.1. The fraction of sp³-hybridized carbons (Fsp3) is 0.750. The molecule has 1 unspecified atom stereocenters. The van der Waals surface area contributed by atoms with E-state index in [1.165, 1.54) is 12.7 Å². The van der Waals surface area contributed by atoms with Gasteiger partial charge in [-0.2, -0.15) is 5.10 Å². The third kappa shape index (κ3) is 3.29. The predicted octanol–water partition coefficient (Wildman–Crippen LogP) is 0.398. The molecule has 1 amide bonds. The van der Waals surface area contributed by atoms with E-state index in [0.29, 0.717) is 25.6 Å². The lowest BCUT2D eigenvalue weighted by molar-refractivity contribution is -0.135. The smallest absolute Gasteiger partial charge is 0.224 e. The summed E-state index contributed by atoms with van der Waals surface area (Å²) in [6.07, 6.45) is 7.93. The molecule has 2 heterocycles. The lowest BCUT2D eigenvalue weighted by Gasteiger charge is -2.35.